The first-order valence-electron chi connectivity index (χ1n) is 9.87. The number of benzene rings is 1. The van der Waals surface area contributed by atoms with E-state index in [1.807, 2.05) is 6.92 Å². The molecule has 0 saturated heterocycles. The van der Waals surface area contributed by atoms with Gasteiger partial charge < -0.3 is 10.2 Å². The van der Waals surface area contributed by atoms with Gasteiger partial charge in [0.15, 0.2) is 9.84 Å². The molecule has 7 heteroatoms. The first-order valence-corrected chi connectivity index (χ1v) is 11.4. The van der Waals surface area contributed by atoms with Crippen LogP contribution in [-0.4, -0.2) is 41.7 Å². The van der Waals surface area contributed by atoms with Crippen LogP contribution in [0, 0.1) is 29.6 Å². The molecule has 7 unspecified atom stereocenters. The number of aliphatic carboxylic acids is 1. The lowest BCUT2D eigenvalue weighted by atomic mass is 9.59. The Morgan fingerprint density at radius 3 is 2.43 bits per heavy atom. The number of ketones is 1. The molecule has 1 aromatic carbocycles. The fourth-order valence-corrected chi connectivity index (χ4v) is 6.68. The molecule has 0 aliphatic heterocycles. The van der Waals surface area contributed by atoms with Gasteiger partial charge >= 0.3 is 5.97 Å². The predicted octanol–water partition coefficient (Wildman–Crippen LogP) is 2.55. The number of aliphatic hydroxyl groups excluding tert-OH is 1. The van der Waals surface area contributed by atoms with Crippen molar-refractivity contribution in [3.05, 3.63) is 30.3 Å². The van der Waals surface area contributed by atoms with Gasteiger partial charge in [0.05, 0.1) is 22.2 Å². The van der Waals surface area contributed by atoms with Crippen LogP contribution in [0.4, 0.5) is 0 Å². The largest absolute Gasteiger partial charge is 0.481 e. The van der Waals surface area contributed by atoms with Crippen molar-refractivity contribution in [1.29, 1.82) is 0 Å². The number of carboxylic acids is 1. The van der Waals surface area contributed by atoms with E-state index in [2.05, 4.69) is 0 Å². The van der Waals surface area contributed by atoms with Gasteiger partial charge in [0.1, 0.15) is 5.78 Å². The van der Waals surface area contributed by atoms with Gasteiger partial charge in [-0.05, 0) is 56.1 Å². The minimum atomic E-state index is -3.72. The molecule has 2 fully saturated rings. The van der Waals surface area contributed by atoms with Crippen molar-refractivity contribution in [3.63, 3.8) is 0 Å². The minimum Gasteiger partial charge on any atom is -0.481 e. The average molecular weight is 409 g/mol. The van der Waals surface area contributed by atoms with Gasteiger partial charge in [-0.3, -0.25) is 9.59 Å². The number of carbonyl (C=O) groups is 2. The number of carboxylic acid groups (broad SMARTS) is 1. The summed E-state index contributed by atoms with van der Waals surface area (Å²) >= 11 is 0. The van der Waals surface area contributed by atoms with E-state index in [0.717, 1.165) is 12.8 Å². The van der Waals surface area contributed by atoms with Gasteiger partial charge in [0.2, 0.25) is 0 Å². The highest BCUT2D eigenvalue weighted by Gasteiger charge is 2.50. The minimum absolute atomic E-state index is 0.0352. The fourth-order valence-electron chi connectivity index (χ4n) is 5.13. The summed E-state index contributed by atoms with van der Waals surface area (Å²) < 4.78 is 25.7. The summed E-state index contributed by atoms with van der Waals surface area (Å²) in [4.78, 5) is 24.7. The zero-order chi connectivity index (χ0) is 20.6. The number of Topliss-reactive ketones (excluding diaryl/α,β-unsaturated/α-hetero) is 1. The monoisotopic (exact) mass is 408 g/mol. The van der Waals surface area contributed by atoms with Crippen molar-refractivity contribution in [2.75, 3.05) is 0 Å². The SMILES string of the molecule is CC1CCC2CC(C(O)C(C)S(=O)(=O)c3ccccc3)CC(=O)C2C1C(=O)O. The Bertz CT molecular complexity index is 834. The molecule has 0 spiro atoms. The summed E-state index contributed by atoms with van der Waals surface area (Å²) in [7, 11) is -3.72. The summed E-state index contributed by atoms with van der Waals surface area (Å²) in [5.41, 5.74) is 0. The van der Waals surface area contributed by atoms with Crippen LogP contribution < -0.4 is 0 Å². The van der Waals surface area contributed by atoms with Crippen molar-refractivity contribution in [2.24, 2.45) is 29.6 Å². The zero-order valence-electron chi connectivity index (χ0n) is 16.2. The second-order valence-electron chi connectivity index (χ2n) is 8.42. The lowest BCUT2D eigenvalue weighted by Crippen LogP contribution is -2.49. The summed E-state index contributed by atoms with van der Waals surface area (Å²) in [5, 5.41) is 19.4. The molecule has 154 valence electrons. The van der Waals surface area contributed by atoms with Crippen LogP contribution >= 0.6 is 0 Å². The maximum absolute atomic E-state index is 12.8. The topological polar surface area (TPSA) is 109 Å². The van der Waals surface area contributed by atoms with Crippen LogP contribution in [0.15, 0.2) is 35.2 Å². The van der Waals surface area contributed by atoms with Crippen LogP contribution in [0.3, 0.4) is 0 Å². The Morgan fingerprint density at radius 2 is 1.82 bits per heavy atom. The summed E-state index contributed by atoms with van der Waals surface area (Å²) in [6.45, 7) is 3.35. The number of hydrogen-bond donors (Lipinski definition) is 2. The van der Waals surface area contributed by atoms with E-state index < -0.39 is 44.9 Å². The quantitative estimate of drug-likeness (QED) is 0.775. The lowest BCUT2D eigenvalue weighted by Gasteiger charge is -2.45. The number of carbonyl (C=O) groups excluding carboxylic acids is 1. The Labute approximate surface area is 165 Å². The molecule has 2 saturated carbocycles. The van der Waals surface area contributed by atoms with E-state index >= 15 is 0 Å². The number of rotatable bonds is 5. The number of fused-ring (bicyclic) bond motifs is 1. The maximum atomic E-state index is 12.8. The molecule has 3 rings (SSSR count). The van der Waals surface area contributed by atoms with Gasteiger partial charge in [-0.15, -0.1) is 0 Å². The van der Waals surface area contributed by atoms with Crippen LogP contribution in [0.1, 0.15) is 39.5 Å². The Morgan fingerprint density at radius 1 is 1.18 bits per heavy atom. The van der Waals surface area contributed by atoms with Crippen molar-refractivity contribution < 1.29 is 28.2 Å². The Balaban J connectivity index is 1.79. The fraction of sp³-hybridized carbons (Fsp3) is 0.619. The van der Waals surface area contributed by atoms with Crippen molar-refractivity contribution in [2.45, 2.75) is 55.8 Å². The molecule has 0 heterocycles. The second kappa shape index (κ2) is 7.95. The summed E-state index contributed by atoms with van der Waals surface area (Å²) in [6.07, 6.45) is 0.824. The average Bonchev–Trinajstić information content (AvgIpc) is 2.67. The van der Waals surface area contributed by atoms with Crippen molar-refractivity contribution in [1.82, 2.24) is 0 Å². The third-order valence-corrected chi connectivity index (χ3v) is 8.94. The van der Waals surface area contributed by atoms with E-state index in [1.165, 1.54) is 19.1 Å². The smallest absolute Gasteiger partial charge is 0.307 e. The van der Waals surface area contributed by atoms with Gasteiger partial charge in [-0.25, -0.2) is 8.42 Å². The molecule has 0 radical (unpaired) electrons. The molecular formula is C21H28O6S. The third kappa shape index (κ3) is 3.74. The third-order valence-electron chi connectivity index (χ3n) is 6.75. The van der Waals surface area contributed by atoms with Gasteiger partial charge in [0, 0.05) is 12.3 Å². The first-order chi connectivity index (χ1) is 13.1. The standard InChI is InChI=1S/C21H28O6S/c1-12-8-9-14-10-15(11-17(22)19(14)18(12)21(24)25)20(23)13(2)28(26,27)16-6-4-3-5-7-16/h3-7,12-15,18-20,23H,8-11H2,1-2H3,(H,24,25). The van der Waals surface area contributed by atoms with E-state index in [-0.39, 0.29) is 28.9 Å². The lowest BCUT2D eigenvalue weighted by molar-refractivity contribution is -0.156. The number of sulfone groups is 1. The molecule has 7 atom stereocenters. The molecule has 1 aromatic rings. The van der Waals surface area contributed by atoms with E-state index in [0.29, 0.717) is 6.42 Å². The highest BCUT2D eigenvalue weighted by Crippen LogP contribution is 2.47. The van der Waals surface area contributed by atoms with Crippen LogP contribution in [0.5, 0.6) is 0 Å². The Hall–Kier alpha value is -1.73. The highest BCUT2D eigenvalue weighted by atomic mass is 32.2. The number of hydrogen-bond acceptors (Lipinski definition) is 5. The molecule has 0 bridgehead atoms. The highest BCUT2D eigenvalue weighted by molar-refractivity contribution is 7.92. The van der Waals surface area contributed by atoms with Crippen LogP contribution in [0.25, 0.3) is 0 Å². The molecule has 2 aliphatic rings. The Kier molecular flexibility index (Phi) is 5.96. The summed E-state index contributed by atoms with van der Waals surface area (Å²) in [5.74, 6) is -2.92. The first kappa shape index (κ1) is 21.0. The summed E-state index contributed by atoms with van der Waals surface area (Å²) in [6, 6.07) is 8.00. The van der Waals surface area contributed by atoms with Crippen LogP contribution in [-0.2, 0) is 19.4 Å². The van der Waals surface area contributed by atoms with E-state index in [9.17, 15) is 28.2 Å². The van der Waals surface area contributed by atoms with E-state index in [4.69, 9.17) is 0 Å². The molecule has 2 N–H and O–H groups in total. The zero-order valence-corrected chi connectivity index (χ0v) is 17.0. The van der Waals surface area contributed by atoms with E-state index in [1.54, 1.807) is 18.2 Å². The van der Waals surface area contributed by atoms with Crippen molar-refractivity contribution in [3.8, 4) is 0 Å². The molecule has 28 heavy (non-hydrogen) atoms. The molecule has 2 aliphatic carbocycles. The van der Waals surface area contributed by atoms with Gasteiger partial charge in [-0.1, -0.05) is 25.1 Å². The predicted molar refractivity (Wildman–Crippen MR) is 103 cm³/mol. The maximum Gasteiger partial charge on any atom is 0.307 e. The van der Waals surface area contributed by atoms with Gasteiger partial charge in [-0.2, -0.15) is 0 Å². The van der Waals surface area contributed by atoms with Gasteiger partial charge in [0.25, 0.3) is 0 Å². The van der Waals surface area contributed by atoms with Crippen molar-refractivity contribution >= 4 is 21.6 Å². The van der Waals surface area contributed by atoms with Crippen LogP contribution in [0.2, 0.25) is 0 Å². The molecule has 6 nitrogen and oxygen atoms in total. The second-order valence-corrected chi connectivity index (χ2v) is 10.7. The molecule has 0 amide bonds. The number of aliphatic hydroxyl groups is 1. The normalized spacial score (nSPS) is 33.0. The molecular weight excluding hydrogens is 380 g/mol. The molecule has 0 aromatic heterocycles.